The monoisotopic (exact) mass is 278 g/mol. The number of allylic oxidation sites excluding steroid dienone is 1. The summed E-state index contributed by atoms with van der Waals surface area (Å²) in [6, 6.07) is 11.1. The molecule has 0 aliphatic carbocycles. The van der Waals surface area contributed by atoms with Crippen molar-refractivity contribution in [1.82, 2.24) is 0 Å². The first-order valence-corrected chi connectivity index (χ1v) is 8.79. The maximum absolute atomic E-state index is 3.81. The number of hydrogen-bond acceptors (Lipinski definition) is 2. The third-order valence-electron chi connectivity index (χ3n) is 3.34. The highest BCUT2D eigenvalue weighted by Crippen LogP contribution is 2.53. The van der Waals surface area contributed by atoms with Crippen LogP contribution >= 0.6 is 23.5 Å². The molecule has 1 aliphatic rings. The molecule has 98 valence electrons. The van der Waals surface area contributed by atoms with E-state index in [-0.39, 0.29) is 0 Å². The zero-order chi connectivity index (χ0) is 12.7. The van der Waals surface area contributed by atoms with Gasteiger partial charge in [0.2, 0.25) is 0 Å². The van der Waals surface area contributed by atoms with Crippen molar-refractivity contribution in [3.05, 3.63) is 48.6 Å². The Kier molecular flexibility index (Phi) is 5.71. The Balaban J connectivity index is 2.05. The van der Waals surface area contributed by atoms with Crippen molar-refractivity contribution in [3.63, 3.8) is 0 Å². The standard InChI is InChI=1S/C16H22S2/c1-2-3-4-8-12-16(17-13-9-14-18-16)15-10-6-5-7-11-15/h2,5-7,10-11H,1,3-4,8-9,12-14H2. The number of rotatable bonds is 6. The van der Waals surface area contributed by atoms with Crippen LogP contribution in [0.25, 0.3) is 0 Å². The van der Waals surface area contributed by atoms with Crippen LogP contribution in [0.5, 0.6) is 0 Å². The Morgan fingerprint density at radius 2 is 1.83 bits per heavy atom. The summed E-state index contributed by atoms with van der Waals surface area (Å²) in [5.41, 5.74) is 1.51. The van der Waals surface area contributed by atoms with Crippen molar-refractivity contribution in [2.75, 3.05) is 11.5 Å². The van der Waals surface area contributed by atoms with Gasteiger partial charge in [0.1, 0.15) is 0 Å². The van der Waals surface area contributed by atoms with Gasteiger partial charge in [0, 0.05) is 0 Å². The normalized spacial score (nSPS) is 18.4. The molecule has 0 spiro atoms. The van der Waals surface area contributed by atoms with E-state index in [1.807, 2.05) is 6.08 Å². The second kappa shape index (κ2) is 7.30. The molecule has 18 heavy (non-hydrogen) atoms. The number of hydrogen-bond donors (Lipinski definition) is 0. The van der Waals surface area contributed by atoms with Gasteiger partial charge in [-0.05, 0) is 42.8 Å². The molecule has 1 heterocycles. The fourth-order valence-corrected chi connectivity index (χ4v) is 5.80. The van der Waals surface area contributed by atoms with Crippen LogP contribution in [-0.2, 0) is 4.08 Å². The molecular weight excluding hydrogens is 256 g/mol. The Bertz CT molecular complexity index is 353. The van der Waals surface area contributed by atoms with Crippen molar-refractivity contribution < 1.29 is 0 Å². The molecule has 0 saturated carbocycles. The lowest BCUT2D eigenvalue weighted by Crippen LogP contribution is -2.22. The Morgan fingerprint density at radius 3 is 2.50 bits per heavy atom. The highest BCUT2D eigenvalue weighted by molar-refractivity contribution is 8.18. The molecule has 2 heteroatoms. The van der Waals surface area contributed by atoms with Crippen LogP contribution < -0.4 is 0 Å². The van der Waals surface area contributed by atoms with E-state index in [2.05, 4.69) is 60.4 Å². The SMILES string of the molecule is C=CCCCCC1(c2ccccc2)SCCCS1. The first-order valence-electron chi connectivity index (χ1n) is 6.82. The van der Waals surface area contributed by atoms with Gasteiger partial charge in [0.25, 0.3) is 0 Å². The van der Waals surface area contributed by atoms with Crippen LogP contribution in [0.2, 0.25) is 0 Å². The number of thioether (sulfide) groups is 2. The molecule has 0 N–H and O–H groups in total. The fraction of sp³-hybridized carbons (Fsp3) is 0.500. The second-order valence-corrected chi connectivity index (χ2v) is 7.75. The van der Waals surface area contributed by atoms with Crippen LogP contribution in [0.15, 0.2) is 43.0 Å². The van der Waals surface area contributed by atoms with Gasteiger partial charge in [-0.25, -0.2) is 0 Å². The van der Waals surface area contributed by atoms with E-state index in [9.17, 15) is 0 Å². The molecule has 0 nitrogen and oxygen atoms in total. The molecule has 0 radical (unpaired) electrons. The third-order valence-corrected chi connectivity index (χ3v) is 6.84. The van der Waals surface area contributed by atoms with Gasteiger partial charge in [-0.2, -0.15) is 0 Å². The molecule has 1 saturated heterocycles. The van der Waals surface area contributed by atoms with Crippen molar-refractivity contribution >= 4 is 23.5 Å². The molecule has 1 aliphatic heterocycles. The molecular formula is C16H22S2. The summed E-state index contributed by atoms with van der Waals surface area (Å²) in [5.74, 6) is 2.62. The van der Waals surface area contributed by atoms with E-state index < -0.39 is 0 Å². The van der Waals surface area contributed by atoms with Gasteiger partial charge in [0.15, 0.2) is 0 Å². The molecule has 1 aromatic rings. The van der Waals surface area contributed by atoms with Crippen molar-refractivity contribution in [2.45, 2.75) is 36.2 Å². The highest BCUT2D eigenvalue weighted by Gasteiger charge is 2.34. The lowest BCUT2D eigenvalue weighted by atomic mass is 10.0. The summed E-state index contributed by atoms with van der Waals surface area (Å²) in [6.07, 6.45) is 8.42. The maximum atomic E-state index is 3.81. The second-order valence-electron chi connectivity index (χ2n) is 4.70. The molecule has 0 atom stereocenters. The molecule has 0 aromatic heterocycles. The van der Waals surface area contributed by atoms with Crippen molar-refractivity contribution in [2.24, 2.45) is 0 Å². The quantitative estimate of drug-likeness (QED) is 0.501. The zero-order valence-corrected chi connectivity index (χ0v) is 12.6. The Hall–Kier alpha value is -0.340. The average molecular weight is 278 g/mol. The minimum Gasteiger partial charge on any atom is -0.139 e. The third kappa shape index (κ3) is 3.58. The largest absolute Gasteiger partial charge is 0.139 e. The van der Waals surface area contributed by atoms with Crippen LogP contribution in [0.3, 0.4) is 0 Å². The first-order chi connectivity index (χ1) is 8.87. The molecule has 2 rings (SSSR count). The molecule has 1 fully saturated rings. The highest BCUT2D eigenvalue weighted by atomic mass is 32.2. The van der Waals surface area contributed by atoms with Crippen LogP contribution in [0.4, 0.5) is 0 Å². The van der Waals surface area contributed by atoms with E-state index in [0.717, 1.165) is 6.42 Å². The van der Waals surface area contributed by atoms with Crippen LogP contribution in [-0.4, -0.2) is 11.5 Å². The lowest BCUT2D eigenvalue weighted by molar-refractivity contribution is 0.649. The van der Waals surface area contributed by atoms with Crippen molar-refractivity contribution in [1.29, 1.82) is 0 Å². The number of unbranched alkanes of at least 4 members (excludes halogenated alkanes) is 2. The fourth-order valence-electron chi connectivity index (χ4n) is 2.37. The molecule has 0 amide bonds. The smallest absolute Gasteiger partial charge is 0.0860 e. The summed E-state index contributed by atoms with van der Waals surface area (Å²) >= 11 is 4.32. The minimum atomic E-state index is 0.320. The van der Waals surface area contributed by atoms with E-state index in [1.165, 1.54) is 42.8 Å². The van der Waals surface area contributed by atoms with Crippen LogP contribution in [0.1, 0.15) is 37.7 Å². The van der Waals surface area contributed by atoms with Crippen LogP contribution in [0, 0.1) is 0 Å². The summed E-state index contributed by atoms with van der Waals surface area (Å²) in [4.78, 5) is 0. The first kappa shape index (κ1) is 14.1. The van der Waals surface area contributed by atoms with E-state index in [1.54, 1.807) is 0 Å². The van der Waals surface area contributed by atoms with Gasteiger partial charge in [0.05, 0.1) is 4.08 Å². The summed E-state index contributed by atoms with van der Waals surface area (Å²) in [5, 5.41) is 0. The van der Waals surface area contributed by atoms with Gasteiger partial charge in [-0.3, -0.25) is 0 Å². The van der Waals surface area contributed by atoms with Gasteiger partial charge < -0.3 is 0 Å². The number of benzene rings is 1. The average Bonchev–Trinajstić information content (AvgIpc) is 2.46. The molecule has 0 unspecified atom stereocenters. The Morgan fingerprint density at radius 1 is 1.11 bits per heavy atom. The predicted molar refractivity (Wildman–Crippen MR) is 86.3 cm³/mol. The van der Waals surface area contributed by atoms with E-state index >= 15 is 0 Å². The molecule has 1 aromatic carbocycles. The Labute approximate surface area is 120 Å². The van der Waals surface area contributed by atoms with Gasteiger partial charge in [-0.15, -0.1) is 30.1 Å². The minimum absolute atomic E-state index is 0.320. The zero-order valence-electron chi connectivity index (χ0n) is 10.9. The van der Waals surface area contributed by atoms with E-state index in [4.69, 9.17) is 0 Å². The van der Waals surface area contributed by atoms with Gasteiger partial charge >= 0.3 is 0 Å². The summed E-state index contributed by atoms with van der Waals surface area (Å²) in [7, 11) is 0. The molecule has 0 bridgehead atoms. The van der Waals surface area contributed by atoms with Gasteiger partial charge in [-0.1, -0.05) is 42.8 Å². The van der Waals surface area contributed by atoms with Crippen molar-refractivity contribution in [3.8, 4) is 0 Å². The lowest BCUT2D eigenvalue weighted by Gasteiger charge is -2.36. The summed E-state index contributed by atoms with van der Waals surface area (Å²) < 4.78 is 0.320. The topological polar surface area (TPSA) is 0 Å². The predicted octanol–water partition coefficient (Wildman–Crippen LogP) is 5.46. The van der Waals surface area contributed by atoms with E-state index in [0.29, 0.717) is 4.08 Å². The summed E-state index contributed by atoms with van der Waals surface area (Å²) in [6.45, 7) is 3.81. The maximum Gasteiger partial charge on any atom is 0.0860 e.